The molecule has 7 heteroatoms. The van der Waals surface area contributed by atoms with E-state index in [0.717, 1.165) is 64.3 Å². The molecule has 5 aliphatic rings. The average molecular weight is 642 g/mol. The van der Waals surface area contributed by atoms with Crippen LogP contribution in [0.5, 0.6) is 0 Å². The van der Waals surface area contributed by atoms with Gasteiger partial charge in [-0.15, -0.1) is 0 Å². The number of carbonyl (C=O) groups is 2. The maximum Gasteiger partial charge on any atom is 0.144 e. The molecule has 1 saturated heterocycles. The van der Waals surface area contributed by atoms with Crippen LogP contribution < -0.4 is 11.1 Å². The third-order valence-electron chi connectivity index (χ3n) is 13.2. The molecule has 7 nitrogen and oxygen atoms in total. The number of hydrogen-bond acceptors (Lipinski definition) is 6. The van der Waals surface area contributed by atoms with E-state index in [2.05, 4.69) is 24.1 Å². The van der Waals surface area contributed by atoms with Crippen molar-refractivity contribution >= 4 is 11.6 Å². The molecule has 4 fully saturated rings. The third-order valence-corrected chi connectivity index (χ3v) is 13.2. The second-order valence-electron chi connectivity index (χ2n) is 16.3. The van der Waals surface area contributed by atoms with Crippen molar-refractivity contribution in [3.8, 4) is 11.8 Å². The van der Waals surface area contributed by atoms with Gasteiger partial charge in [-0.1, -0.05) is 44.4 Å². The van der Waals surface area contributed by atoms with Gasteiger partial charge >= 0.3 is 0 Å². The van der Waals surface area contributed by atoms with E-state index in [1.165, 1.54) is 38.5 Å². The van der Waals surface area contributed by atoms with E-state index < -0.39 is 6.10 Å². The summed E-state index contributed by atoms with van der Waals surface area (Å²) in [7, 11) is 1.68. The fourth-order valence-electron chi connectivity index (χ4n) is 10.7. The van der Waals surface area contributed by atoms with E-state index in [4.69, 9.17) is 10.5 Å². The van der Waals surface area contributed by atoms with Gasteiger partial charge in [0.25, 0.3) is 0 Å². The summed E-state index contributed by atoms with van der Waals surface area (Å²) in [5, 5.41) is 24.0. The summed E-state index contributed by atoms with van der Waals surface area (Å²) in [5.41, 5.74) is 6.39. The van der Waals surface area contributed by atoms with Crippen molar-refractivity contribution in [1.82, 2.24) is 0 Å². The number of piperidine rings is 1. The van der Waals surface area contributed by atoms with E-state index in [0.29, 0.717) is 30.6 Å². The zero-order valence-corrected chi connectivity index (χ0v) is 28.9. The highest BCUT2D eigenvalue weighted by Crippen LogP contribution is 2.47. The number of fused-ring (bicyclic) bond motifs is 2. The smallest absolute Gasteiger partial charge is 0.144 e. The molecule has 3 saturated carbocycles. The van der Waals surface area contributed by atoms with Crippen molar-refractivity contribution in [2.75, 3.05) is 20.3 Å². The lowest BCUT2D eigenvalue weighted by atomic mass is 9.63. The van der Waals surface area contributed by atoms with Gasteiger partial charge in [0.1, 0.15) is 17.7 Å². The first-order chi connectivity index (χ1) is 22.3. The standard InChI is InChI=1S/C39H64N2O5/c1-3-7-30(24-42)31-18-26(16-25-14-15-41-39(40)19-25)17-28-11-13-33(27-8-5-4-6-9-27)34-23-37(45)38(46-2)21-29(34)10-12-32(43)22-36(44)35(28)20-31/h25-31,33-35,37-39,41-42,45H,3-10,12,14-24,40H2,1-2H3/p+1/t25?,26-,28-,29?,30-,31-,33-,34?,35+,37?,38?,39?/m1/s1. The largest absolute Gasteiger partial charge is 0.396 e. The predicted octanol–water partition coefficient (Wildman–Crippen LogP) is 4.62. The van der Waals surface area contributed by atoms with Gasteiger partial charge < -0.3 is 20.3 Å². The van der Waals surface area contributed by atoms with Crippen molar-refractivity contribution in [2.45, 2.75) is 141 Å². The number of hydrogen-bond donors (Lipinski definition) is 4. The highest BCUT2D eigenvalue weighted by molar-refractivity contribution is 6.00. The van der Waals surface area contributed by atoms with Crippen molar-refractivity contribution in [3.05, 3.63) is 0 Å². The molecule has 0 aromatic rings. The van der Waals surface area contributed by atoms with Gasteiger partial charge in [-0.3, -0.25) is 15.3 Å². The molecule has 0 spiro atoms. The van der Waals surface area contributed by atoms with Crippen molar-refractivity contribution in [2.24, 2.45) is 64.9 Å². The minimum atomic E-state index is -0.506. The van der Waals surface area contributed by atoms with Crippen LogP contribution in [0.2, 0.25) is 0 Å². The molecule has 4 aliphatic carbocycles. The molecule has 46 heavy (non-hydrogen) atoms. The predicted molar refractivity (Wildman–Crippen MR) is 180 cm³/mol. The quantitative estimate of drug-likeness (QED) is 0.227. The number of quaternary nitrogens is 1. The number of Topliss-reactive ketones (excluding diaryl/α,β-unsaturated/α-hetero) is 2. The van der Waals surface area contributed by atoms with Gasteiger partial charge in [-0.05, 0) is 112 Å². The Morgan fingerprint density at radius 3 is 2.48 bits per heavy atom. The van der Waals surface area contributed by atoms with Gasteiger partial charge in [0, 0.05) is 44.3 Å². The van der Waals surface area contributed by atoms with Crippen LogP contribution in [-0.4, -0.2) is 60.4 Å². The number of carbonyl (C=O) groups excluding carboxylic acids is 2. The lowest BCUT2D eigenvalue weighted by Gasteiger charge is -2.44. The molecule has 1 aliphatic heterocycles. The van der Waals surface area contributed by atoms with Crippen LogP contribution in [0.25, 0.3) is 0 Å². The van der Waals surface area contributed by atoms with Crippen molar-refractivity contribution < 1.29 is 29.9 Å². The zero-order valence-electron chi connectivity index (χ0n) is 28.9. The molecule has 260 valence electrons. The van der Waals surface area contributed by atoms with Gasteiger partial charge in [-0.2, -0.15) is 0 Å². The van der Waals surface area contributed by atoms with E-state index >= 15 is 0 Å². The summed E-state index contributed by atoms with van der Waals surface area (Å²) in [5.74, 6) is 10.2. The van der Waals surface area contributed by atoms with Crippen LogP contribution in [0, 0.1) is 71.0 Å². The van der Waals surface area contributed by atoms with Crippen LogP contribution in [0.4, 0.5) is 0 Å². The fourth-order valence-corrected chi connectivity index (χ4v) is 10.7. The van der Waals surface area contributed by atoms with Crippen LogP contribution in [0.3, 0.4) is 0 Å². The minimum Gasteiger partial charge on any atom is -0.396 e. The number of rotatable bonds is 8. The highest BCUT2D eigenvalue weighted by Gasteiger charge is 2.44. The summed E-state index contributed by atoms with van der Waals surface area (Å²) < 4.78 is 5.72. The molecule has 0 bridgehead atoms. The number of ether oxygens (including phenoxy) is 1. The van der Waals surface area contributed by atoms with Gasteiger partial charge in [0.05, 0.1) is 25.2 Å². The van der Waals surface area contributed by atoms with Gasteiger partial charge in [0.2, 0.25) is 0 Å². The molecule has 12 atom stereocenters. The Balaban J connectivity index is 1.52. The maximum atomic E-state index is 14.2. The van der Waals surface area contributed by atoms with E-state index in [1.54, 1.807) is 7.11 Å². The molecule has 1 heterocycles. The van der Waals surface area contributed by atoms with E-state index in [9.17, 15) is 19.8 Å². The molecule has 0 amide bonds. The SMILES string of the molecule is CCC[C@H](CO)[C@@H]1C[C@H](CC2CC[NH2+]C(N)C2)C[C@H]2C#C[C@H](C3CCCCC3)C3CC(O)C(OC)CC3CCC(=O)CC(=O)[C@H]2C1. The molecule has 6 N–H and O–H groups in total. The fraction of sp³-hybridized carbons (Fsp3) is 0.897. The Labute approximate surface area is 278 Å². The third kappa shape index (κ3) is 9.23. The van der Waals surface area contributed by atoms with Crippen molar-refractivity contribution in [3.63, 3.8) is 0 Å². The normalized spacial score (nSPS) is 40.7. The van der Waals surface area contributed by atoms with Crippen LogP contribution in [-0.2, 0) is 14.3 Å². The summed E-state index contributed by atoms with van der Waals surface area (Å²) in [6.45, 7) is 3.41. The summed E-state index contributed by atoms with van der Waals surface area (Å²) in [6.07, 6.45) is 16.1. The van der Waals surface area contributed by atoms with Gasteiger partial charge in [0.15, 0.2) is 0 Å². The van der Waals surface area contributed by atoms with Crippen molar-refractivity contribution in [1.29, 1.82) is 0 Å². The van der Waals surface area contributed by atoms with Crippen LogP contribution >= 0.6 is 0 Å². The number of methoxy groups -OCH3 is 1. The first-order valence-corrected chi connectivity index (χ1v) is 19.3. The van der Waals surface area contributed by atoms with Gasteiger partial charge in [-0.25, -0.2) is 0 Å². The van der Waals surface area contributed by atoms with E-state index in [1.807, 2.05) is 0 Å². The molecule has 5 rings (SSSR count). The monoisotopic (exact) mass is 641 g/mol. The lowest BCUT2D eigenvalue weighted by molar-refractivity contribution is -0.699. The first kappa shape index (κ1) is 36.0. The van der Waals surface area contributed by atoms with Crippen LogP contribution in [0.1, 0.15) is 122 Å². The minimum absolute atomic E-state index is 0.00485. The Morgan fingerprint density at radius 1 is 0.957 bits per heavy atom. The zero-order chi connectivity index (χ0) is 32.6. The first-order valence-electron chi connectivity index (χ1n) is 19.3. The Morgan fingerprint density at radius 2 is 1.76 bits per heavy atom. The summed E-state index contributed by atoms with van der Waals surface area (Å²) >= 11 is 0. The molecule has 0 aromatic carbocycles. The number of aliphatic hydroxyl groups excluding tert-OH is 2. The number of nitrogens with two attached hydrogens (primary N) is 2. The Hall–Kier alpha value is -1.30. The second kappa shape index (κ2) is 17.4. The Kier molecular flexibility index (Phi) is 13.6. The second-order valence-corrected chi connectivity index (χ2v) is 16.3. The molecular formula is C39H65N2O5+. The highest BCUT2D eigenvalue weighted by atomic mass is 16.5. The summed E-state index contributed by atoms with van der Waals surface area (Å²) in [6, 6.07) is 0. The Bertz CT molecular complexity index is 1050. The average Bonchev–Trinajstić information content (AvgIpc) is 3.22. The maximum absolute atomic E-state index is 14.2. The van der Waals surface area contributed by atoms with Crippen LogP contribution in [0.15, 0.2) is 0 Å². The number of ketones is 2. The molecule has 6 unspecified atom stereocenters. The lowest BCUT2D eigenvalue weighted by Crippen LogP contribution is -2.94. The number of aliphatic hydroxyl groups is 2. The topological polar surface area (TPSA) is 126 Å². The van der Waals surface area contributed by atoms with E-state index in [-0.39, 0.29) is 78.3 Å². The summed E-state index contributed by atoms with van der Waals surface area (Å²) in [4.78, 5) is 27.6. The molecule has 0 radical (unpaired) electrons. The molecule has 0 aromatic heterocycles. The molecular weight excluding hydrogens is 576 g/mol.